The lowest BCUT2D eigenvalue weighted by atomic mass is 10.1. The quantitative estimate of drug-likeness (QED) is 0.397. The smallest absolute Gasteiger partial charge is 0.339 e. The fourth-order valence-electron chi connectivity index (χ4n) is 2.35. The summed E-state index contributed by atoms with van der Waals surface area (Å²) in [7, 11) is 0. The van der Waals surface area contributed by atoms with Gasteiger partial charge in [-0.15, -0.1) is 0 Å². The Labute approximate surface area is 143 Å². The van der Waals surface area contributed by atoms with Crippen molar-refractivity contribution in [3.05, 3.63) is 81.7 Å². The van der Waals surface area contributed by atoms with Crippen LogP contribution in [-0.4, -0.2) is 15.9 Å². The second kappa shape index (κ2) is 6.96. The molecule has 0 radical (unpaired) electrons. The van der Waals surface area contributed by atoms with E-state index in [-0.39, 0.29) is 23.4 Å². The number of carbonyl (C=O) groups is 1. The maximum atomic E-state index is 12.2. The fourth-order valence-corrected chi connectivity index (χ4v) is 2.35. The van der Waals surface area contributed by atoms with Gasteiger partial charge in [-0.05, 0) is 25.1 Å². The number of hydrogen-bond acceptors (Lipinski definition) is 6. The zero-order valence-corrected chi connectivity index (χ0v) is 13.3. The summed E-state index contributed by atoms with van der Waals surface area (Å²) in [6.07, 6.45) is 1.41. The number of rotatable bonds is 5. The molecule has 126 valence electrons. The molecule has 0 N–H and O–H groups in total. The van der Waals surface area contributed by atoms with E-state index in [0.717, 1.165) is 5.56 Å². The standard InChI is InChI=1S/C18H14N2O5/c1-12-15(8-5-9-16(12)20(22)23)18(21)25-11-14-10-24-17(19-14)13-6-3-2-4-7-13/h2-10H,11H2,1H3. The number of aromatic nitrogens is 1. The van der Waals surface area contributed by atoms with Crippen LogP contribution < -0.4 is 0 Å². The first-order chi connectivity index (χ1) is 12.1. The second-order valence-electron chi connectivity index (χ2n) is 5.29. The SMILES string of the molecule is Cc1c(C(=O)OCc2coc(-c3ccccc3)n2)cccc1[N+](=O)[O-]. The molecule has 0 aliphatic heterocycles. The predicted octanol–water partition coefficient (Wildman–Crippen LogP) is 3.92. The summed E-state index contributed by atoms with van der Waals surface area (Å²) in [6, 6.07) is 13.6. The Bertz CT molecular complexity index is 918. The molecule has 0 aliphatic rings. The summed E-state index contributed by atoms with van der Waals surface area (Å²) < 4.78 is 10.6. The van der Waals surface area contributed by atoms with E-state index < -0.39 is 10.9 Å². The number of oxazole rings is 1. The van der Waals surface area contributed by atoms with E-state index in [0.29, 0.717) is 11.6 Å². The lowest BCUT2D eigenvalue weighted by molar-refractivity contribution is -0.385. The average Bonchev–Trinajstić information content (AvgIpc) is 3.09. The van der Waals surface area contributed by atoms with Crippen LogP contribution >= 0.6 is 0 Å². The molecule has 0 fully saturated rings. The Hall–Kier alpha value is -3.48. The highest BCUT2D eigenvalue weighted by Crippen LogP contribution is 2.22. The van der Waals surface area contributed by atoms with Gasteiger partial charge in [-0.2, -0.15) is 0 Å². The van der Waals surface area contributed by atoms with Crippen molar-refractivity contribution in [2.45, 2.75) is 13.5 Å². The van der Waals surface area contributed by atoms with E-state index in [1.165, 1.54) is 31.4 Å². The third-order valence-electron chi connectivity index (χ3n) is 3.65. The Balaban J connectivity index is 1.70. The molecular weight excluding hydrogens is 324 g/mol. The Morgan fingerprint density at radius 2 is 1.96 bits per heavy atom. The van der Waals surface area contributed by atoms with Crippen LogP contribution in [0.1, 0.15) is 21.6 Å². The molecular formula is C18H14N2O5. The molecule has 7 heteroatoms. The number of nitro benzene ring substituents is 1. The predicted molar refractivity (Wildman–Crippen MR) is 88.9 cm³/mol. The van der Waals surface area contributed by atoms with Crippen LogP contribution in [0.4, 0.5) is 5.69 Å². The first-order valence-electron chi connectivity index (χ1n) is 7.47. The van der Waals surface area contributed by atoms with Gasteiger partial charge in [0.1, 0.15) is 18.6 Å². The van der Waals surface area contributed by atoms with E-state index in [1.807, 2.05) is 30.3 Å². The molecule has 0 bridgehead atoms. The van der Waals surface area contributed by atoms with E-state index in [9.17, 15) is 14.9 Å². The molecule has 2 aromatic carbocycles. The van der Waals surface area contributed by atoms with E-state index in [2.05, 4.69) is 4.98 Å². The molecule has 0 spiro atoms. The summed E-state index contributed by atoms with van der Waals surface area (Å²) in [5.41, 5.74) is 1.57. The molecule has 1 aromatic heterocycles. The topological polar surface area (TPSA) is 95.5 Å². The number of carbonyl (C=O) groups excluding carboxylic acids is 1. The van der Waals surface area contributed by atoms with Crippen LogP contribution in [0.5, 0.6) is 0 Å². The first kappa shape index (κ1) is 16.4. The van der Waals surface area contributed by atoms with Gasteiger partial charge in [-0.25, -0.2) is 9.78 Å². The van der Waals surface area contributed by atoms with Crippen LogP contribution in [0.25, 0.3) is 11.5 Å². The number of esters is 1. The van der Waals surface area contributed by atoms with Crippen LogP contribution in [0, 0.1) is 17.0 Å². The number of nitrogens with zero attached hydrogens (tertiary/aromatic N) is 2. The molecule has 25 heavy (non-hydrogen) atoms. The molecule has 1 heterocycles. The van der Waals surface area contributed by atoms with Gasteiger partial charge in [-0.3, -0.25) is 10.1 Å². The highest BCUT2D eigenvalue weighted by atomic mass is 16.6. The average molecular weight is 338 g/mol. The van der Waals surface area contributed by atoms with Gasteiger partial charge in [-0.1, -0.05) is 24.3 Å². The van der Waals surface area contributed by atoms with Crippen molar-refractivity contribution >= 4 is 11.7 Å². The second-order valence-corrected chi connectivity index (χ2v) is 5.29. The zero-order chi connectivity index (χ0) is 17.8. The number of benzene rings is 2. The summed E-state index contributed by atoms with van der Waals surface area (Å²) in [6.45, 7) is 1.43. The number of hydrogen-bond donors (Lipinski definition) is 0. The van der Waals surface area contributed by atoms with Crippen LogP contribution in [0.15, 0.2) is 59.2 Å². The third-order valence-corrected chi connectivity index (χ3v) is 3.65. The summed E-state index contributed by atoms with van der Waals surface area (Å²) in [5.74, 6) is -0.219. The Morgan fingerprint density at radius 1 is 1.20 bits per heavy atom. The van der Waals surface area contributed by atoms with Gasteiger partial charge in [0.2, 0.25) is 5.89 Å². The third kappa shape index (κ3) is 3.55. The number of nitro groups is 1. The summed E-state index contributed by atoms with van der Waals surface area (Å²) in [4.78, 5) is 26.9. The van der Waals surface area contributed by atoms with E-state index in [4.69, 9.17) is 9.15 Å². The van der Waals surface area contributed by atoms with E-state index >= 15 is 0 Å². The summed E-state index contributed by atoms with van der Waals surface area (Å²) in [5, 5.41) is 10.9. The van der Waals surface area contributed by atoms with Crippen molar-refractivity contribution in [1.29, 1.82) is 0 Å². The van der Waals surface area contributed by atoms with Crippen molar-refractivity contribution < 1.29 is 18.9 Å². The maximum absolute atomic E-state index is 12.2. The van der Waals surface area contributed by atoms with Crippen molar-refractivity contribution in [2.75, 3.05) is 0 Å². The van der Waals surface area contributed by atoms with Crippen molar-refractivity contribution in [2.24, 2.45) is 0 Å². The monoisotopic (exact) mass is 338 g/mol. The molecule has 0 amide bonds. The molecule has 0 saturated heterocycles. The minimum absolute atomic E-state index is 0.0860. The van der Waals surface area contributed by atoms with Gasteiger partial charge in [0.05, 0.1) is 10.5 Å². The first-order valence-corrected chi connectivity index (χ1v) is 7.47. The lowest BCUT2D eigenvalue weighted by Crippen LogP contribution is -2.08. The Kier molecular flexibility index (Phi) is 4.56. The highest BCUT2D eigenvalue weighted by molar-refractivity contribution is 5.92. The van der Waals surface area contributed by atoms with Gasteiger partial charge in [0.25, 0.3) is 5.69 Å². The molecule has 3 rings (SSSR count). The van der Waals surface area contributed by atoms with Crippen LogP contribution in [0.2, 0.25) is 0 Å². The van der Waals surface area contributed by atoms with Crippen molar-refractivity contribution in [3.63, 3.8) is 0 Å². The van der Waals surface area contributed by atoms with Crippen LogP contribution in [-0.2, 0) is 11.3 Å². The van der Waals surface area contributed by atoms with Crippen molar-refractivity contribution in [3.8, 4) is 11.5 Å². The molecule has 0 aliphatic carbocycles. The van der Waals surface area contributed by atoms with Crippen LogP contribution in [0.3, 0.4) is 0 Å². The Morgan fingerprint density at radius 3 is 2.68 bits per heavy atom. The van der Waals surface area contributed by atoms with Gasteiger partial charge in [0.15, 0.2) is 0 Å². The highest BCUT2D eigenvalue weighted by Gasteiger charge is 2.19. The minimum Gasteiger partial charge on any atom is -0.455 e. The van der Waals surface area contributed by atoms with Gasteiger partial charge >= 0.3 is 5.97 Å². The molecule has 0 saturated carbocycles. The molecule has 0 atom stereocenters. The molecule has 7 nitrogen and oxygen atoms in total. The van der Waals surface area contributed by atoms with Gasteiger partial charge < -0.3 is 9.15 Å². The molecule has 0 unspecified atom stereocenters. The summed E-state index contributed by atoms with van der Waals surface area (Å²) >= 11 is 0. The van der Waals surface area contributed by atoms with E-state index in [1.54, 1.807) is 0 Å². The number of ether oxygens (including phenoxy) is 1. The fraction of sp³-hybridized carbons (Fsp3) is 0.111. The zero-order valence-electron chi connectivity index (χ0n) is 13.3. The largest absolute Gasteiger partial charge is 0.455 e. The lowest BCUT2D eigenvalue weighted by Gasteiger charge is -2.06. The normalized spacial score (nSPS) is 10.4. The molecule has 3 aromatic rings. The maximum Gasteiger partial charge on any atom is 0.339 e. The minimum atomic E-state index is -0.648. The van der Waals surface area contributed by atoms with Crippen molar-refractivity contribution in [1.82, 2.24) is 4.98 Å². The van der Waals surface area contributed by atoms with Gasteiger partial charge in [0, 0.05) is 17.2 Å².